The van der Waals surface area contributed by atoms with Crippen molar-refractivity contribution in [3.8, 4) is 0 Å². The highest BCUT2D eigenvalue weighted by molar-refractivity contribution is 7.16. The van der Waals surface area contributed by atoms with Crippen LogP contribution in [0.25, 0.3) is 0 Å². The van der Waals surface area contributed by atoms with Gasteiger partial charge in [0, 0.05) is 5.54 Å². The molecule has 3 aromatic rings. The van der Waals surface area contributed by atoms with Crippen molar-refractivity contribution in [2.45, 2.75) is 178 Å². The summed E-state index contributed by atoms with van der Waals surface area (Å²) in [6.07, 6.45) is 7.31. The minimum absolute atomic E-state index is 0.0112. The van der Waals surface area contributed by atoms with E-state index in [0.717, 1.165) is 0 Å². The van der Waals surface area contributed by atoms with E-state index in [9.17, 15) is 0 Å². The van der Waals surface area contributed by atoms with E-state index in [1.165, 1.54) is 60.1 Å². The van der Waals surface area contributed by atoms with Crippen molar-refractivity contribution in [2.75, 3.05) is 0 Å². The van der Waals surface area contributed by atoms with Crippen LogP contribution in [0.4, 0.5) is 0 Å². The lowest BCUT2D eigenvalue weighted by molar-refractivity contribution is 0.509. The Morgan fingerprint density at radius 3 is 0.731 bits per heavy atom. The van der Waals surface area contributed by atoms with Gasteiger partial charge in [0.2, 0.25) is 0 Å². The van der Waals surface area contributed by atoms with Crippen LogP contribution in [0.1, 0.15) is 179 Å². The van der Waals surface area contributed by atoms with Gasteiger partial charge in [-0.3, -0.25) is 0 Å². The number of hydrogen-bond donors (Lipinski definition) is 0. The fourth-order valence-electron chi connectivity index (χ4n) is 7.50. The van der Waals surface area contributed by atoms with Crippen molar-refractivity contribution in [3.63, 3.8) is 0 Å². The second kappa shape index (κ2) is 13.3. The molecule has 0 heterocycles. The Hall–Kier alpha value is -2.64. The van der Waals surface area contributed by atoms with Crippen molar-refractivity contribution < 1.29 is 0 Å². The van der Waals surface area contributed by atoms with Gasteiger partial charge in [-0.05, 0) is 86.8 Å². The lowest BCUT2D eigenvalue weighted by atomic mass is 9.80. The molecule has 0 amide bonds. The third-order valence-electron chi connectivity index (χ3n) is 11.3. The lowest BCUT2D eigenvalue weighted by Gasteiger charge is -2.45. The molecular weight excluding hydrogens is 641 g/mol. The summed E-state index contributed by atoms with van der Waals surface area (Å²) in [5.74, 6) is 0. The topological polar surface area (TPSA) is 0 Å². The van der Waals surface area contributed by atoms with Gasteiger partial charge >= 0.3 is 0 Å². The first-order chi connectivity index (χ1) is 23.2. The number of allylic oxidation sites excluding steroid dienone is 4. The van der Waals surface area contributed by atoms with Crippen LogP contribution in [-0.2, 0) is 32.5 Å². The van der Waals surface area contributed by atoms with Gasteiger partial charge in [0.05, 0.1) is 0 Å². The Bertz CT molecular complexity index is 1560. The number of benzene rings is 3. The van der Waals surface area contributed by atoms with Gasteiger partial charge in [0.1, 0.15) is 0 Å². The zero-order chi connectivity index (χ0) is 39.8. The van der Waals surface area contributed by atoms with Crippen LogP contribution in [0, 0.1) is 11.0 Å². The van der Waals surface area contributed by atoms with E-state index in [1.807, 2.05) is 0 Å². The molecule has 52 heavy (non-hydrogen) atoms. The molecule has 0 N–H and O–H groups in total. The number of hydrogen-bond acceptors (Lipinski definition) is 0. The first kappa shape index (κ1) is 42.1. The molecule has 0 nitrogen and oxygen atoms in total. The molecule has 0 fully saturated rings. The minimum Gasteiger partial charge on any atom is -0.0750 e. The molecule has 0 saturated heterocycles. The predicted octanol–water partition coefficient (Wildman–Crippen LogP) is 12.6. The second-order valence-electron chi connectivity index (χ2n) is 23.3. The molecule has 1 aliphatic carbocycles. The highest BCUT2D eigenvalue weighted by Gasteiger charge is 2.52. The third kappa shape index (κ3) is 8.51. The van der Waals surface area contributed by atoms with Crippen molar-refractivity contribution in [1.82, 2.24) is 0 Å². The van der Waals surface area contributed by atoms with E-state index in [2.05, 4.69) is 218 Å². The van der Waals surface area contributed by atoms with Crippen molar-refractivity contribution >= 4 is 23.6 Å². The normalized spacial score (nSPS) is 15.8. The number of rotatable bonds is 4. The van der Waals surface area contributed by atoms with Gasteiger partial charge < -0.3 is 0 Å². The molecule has 0 spiro atoms. The predicted molar refractivity (Wildman–Crippen MR) is 236 cm³/mol. The smallest absolute Gasteiger partial charge is 0.0750 e. The van der Waals surface area contributed by atoms with E-state index in [0.29, 0.717) is 0 Å². The second-order valence-corrected chi connectivity index (χ2v) is 27.0. The summed E-state index contributed by atoms with van der Waals surface area (Å²) in [6.45, 7) is 50.3. The Balaban J connectivity index is 2.49. The standard InChI is InChI=1S/C51H75Si/c1-45(2,3)34-25-35(46(4,5)6)29-40(28-34)52(44-24-22-23-43(44)51(19,20)21,41-30-36(47(7,8)9)26-37(31-41)48(10,11)12)42-32-38(49(13,14)15)27-39(33-42)50(16,17)18/h22-33H,1-21H3. The summed E-state index contributed by atoms with van der Waals surface area (Å²) >= 11 is 0. The van der Waals surface area contributed by atoms with E-state index in [4.69, 9.17) is 0 Å². The fraction of sp³-hybridized carbons (Fsp3) is 0.549. The lowest BCUT2D eigenvalue weighted by Crippen LogP contribution is -2.72. The highest BCUT2D eigenvalue weighted by Crippen LogP contribution is 2.44. The Labute approximate surface area is 323 Å². The third-order valence-corrected chi connectivity index (χ3v) is 16.0. The van der Waals surface area contributed by atoms with Gasteiger partial charge in [-0.2, -0.15) is 0 Å². The average molecular weight is 716 g/mol. The van der Waals surface area contributed by atoms with Crippen LogP contribution in [0.5, 0.6) is 0 Å². The summed E-state index contributed by atoms with van der Waals surface area (Å²) < 4.78 is 0. The van der Waals surface area contributed by atoms with Gasteiger partial charge in [-0.15, -0.1) is 0 Å². The van der Waals surface area contributed by atoms with Crippen LogP contribution in [0.3, 0.4) is 0 Å². The molecule has 0 aliphatic heterocycles. The Morgan fingerprint density at radius 1 is 0.308 bits per heavy atom. The summed E-state index contributed by atoms with van der Waals surface area (Å²) in [6, 6.07) is 23.4. The fourth-order valence-corrected chi connectivity index (χ4v) is 12.9. The molecular formula is C51H75Si. The molecule has 1 heteroatoms. The maximum atomic E-state index is 2.64. The van der Waals surface area contributed by atoms with Gasteiger partial charge in [0.15, 0.2) is 8.07 Å². The molecule has 4 rings (SSSR count). The van der Waals surface area contributed by atoms with Crippen molar-refractivity contribution in [1.29, 1.82) is 0 Å². The van der Waals surface area contributed by atoms with E-state index >= 15 is 0 Å². The summed E-state index contributed by atoms with van der Waals surface area (Å²) in [7, 11) is -3.06. The van der Waals surface area contributed by atoms with Crippen LogP contribution >= 0.6 is 0 Å². The van der Waals surface area contributed by atoms with Crippen LogP contribution < -0.4 is 15.6 Å². The Kier molecular flexibility index (Phi) is 10.8. The maximum Gasteiger partial charge on any atom is 0.163 e. The molecule has 1 aliphatic rings. The molecule has 0 bridgehead atoms. The largest absolute Gasteiger partial charge is 0.163 e. The van der Waals surface area contributed by atoms with E-state index < -0.39 is 8.07 Å². The van der Waals surface area contributed by atoms with Crippen molar-refractivity contribution in [2.24, 2.45) is 5.41 Å². The molecule has 0 saturated carbocycles. The van der Waals surface area contributed by atoms with E-state index in [1.54, 1.807) is 0 Å². The molecule has 3 aromatic carbocycles. The zero-order valence-corrected chi connectivity index (χ0v) is 38.4. The molecule has 0 aromatic heterocycles. The van der Waals surface area contributed by atoms with E-state index in [-0.39, 0.29) is 37.9 Å². The van der Waals surface area contributed by atoms with Crippen LogP contribution in [0.15, 0.2) is 78.4 Å². The monoisotopic (exact) mass is 716 g/mol. The summed E-state index contributed by atoms with van der Waals surface area (Å²) in [5, 5.41) is 4.50. The maximum absolute atomic E-state index is 3.06. The van der Waals surface area contributed by atoms with Gasteiger partial charge in [0.25, 0.3) is 0 Å². The van der Waals surface area contributed by atoms with Crippen LogP contribution in [-0.4, -0.2) is 8.07 Å². The molecule has 1 radical (unpaired) electrons. The average Bonchev–Trinajstić information content (AvgIpc) is 3.46. The minimum atomic E-state index is -3.06. The first-order valence-corrected chi connectivity index (χ1v) is 21.9. The van der Waals surface area contributed by atoms with Gasteiger partial charge in [-0.1, -0.05) is 224 Å². The quantitative estimate of drug-likeness (QED) is 0.186. The molecule has 0 atom stereocenters. The Morgan fingerprint density at radius 2 is 0.538 bits per heavy atom. The summed E-state index contributed by atoms with van der Waals surface area (Å²) in [4.78, 5) is 0. The summed E-state index contributed by atoms with van der Waals surface area (Å²) in [5.41, 5.74) is 11.4. The van der Waals surface area contributed by atoms with Crippen LogP contribution in [0.2, 0.25) is 0 Å². The highest BCUT2D eigenvalue weighted by atomic mass is 28.3. The van der Waals surface area contributed by atoms with Gasteiger partial charge in [-0.25, -0.2) is 0 Å². The zero-order valence-electron chi connectivity index (χ0n) is 37.4. The molecule has 0 unspecified atom stereocenters. The van der Waals surface area contributed by atoms with Crippen molar-refractivity contribution in [3.05, 3.63) is 117 Å². The first-order valence-electron chi connectivity index (χ1n) is 19.9. The molecule has 283 valence electrons. The SMILES string of the molecule is CC(C)(C)C1=CC=C[C]1[Si](c1cc(C(C)(C)C)cc(C(C)(C)C)c1)(c1cc(C(C)(C)C)cc(C(C)(C)C)c1)c1cc(C(C)(C)C)cc(C(C)(C)C)c1.